The Balaban J connectivity index is 2.36. The molecule has 1 N–H and O–H groups in total. The highest BCUT2D eigenvalue weighted by molar-refractivity contribution is 5.26. The van der Waals surface area contributed by atoms with Crippen molar-refractivity contribution in [2.45, 2.75) is 58.6 Å². The van der Waals surface area contributed by atoms with Gasteiger partial charge in [-0.25, -0.2) is 9.97 Å². The van der Waals surface area contributed by atoms with Crippen LogP contribution in [0.3, 0.4) is 0 Å². The SMILES string of the molecule is CNCc1c(C)nc(C2(OC)CCC(C)CC2)nc1C. The summed E-state index contributed by atoms with van der Waals surface area (Å²) < 4.78 is 5.88. The number of rotatable bonds is 4. The Kier molecular flexibility index (Phi) is 4.76. The van der Waals surface area contributed by atoms with E-state index in [4.69, 9.17) is 14.7 Å². The minimum Gasteiger partial charge on any atom is -0.370 e. The van der Waals surface area contributed by atoms with Crippen LogP contribution >= 0.6 is 0 Å². The molecule has 0 spiro atoms. The number of ether oxygens (including phenoxy) is 1. The molecule has 0 unspecified atom stereocenters. The van der Waals surface area contributed by atoms with E-state index < -0.39 is 0 Å². The predicted molar refractivity (Wildman–Crippen MR) is 80.6 cm³/mol. The molecule has 1 aromatic heterocycles. The van der Waals surface area contributed by atoms with Gasteiger partial charge in [-0.1, -0.05) is 6.92 Å². The van der Waals surface area contributed by atoms with Gasteiger partial charge < -0.3 is 10.1 Å². The average molecular weight is 277 g/mol. The number of methoxy groups -OCH3 is 1. The van der Waals surface area contributed by atoms with Crippen molar-refractivity contribution in [1.29, 1.82) is 0 Å². The van der Waals surface area contributed by atoms with Gasteiger partial charge in [0.2, 0.25) is 0 Å². The van der Waals surface area contributed by atoms with E-state index in [9.17, 15) is 0 Å². The quantitative estimate of drug-likeness (QED) is 0.919. The first-order valence-corrected chi connectivity index (χ1v) is 7.56. The third-order valence-electron chi connectivity index (χ3n) is 4.65. The van der Waals surface area contributed by atoms with Crippen molar-refractivity contribution < 1.29 is 4.74 Å². The summed E-state index contributed by atoms with van der Waals surface area (Å²) in [4.78, 5) is 9.54. The molecule has 1 fully saturated rings. The summed E-state index contributed by atoms with van der Waals surface area (Å²) >= 11 is 0. The highest BCUT2D eigenvalue weighted by atomic mass is 16.5. The fourth-order valence-corrected chi connectivity index (χ4v) is 3.12. The molecule has 4 nitrogen and oxygen atoms in total. The molecular weight excluding hydrogens is 250 g/mol. The lowest BCUT2D eigenvalue weighted by Crippen LogP contribution is -2.36. The normalized spacial score (nSPS) is 26.8. The standard InChI is InChI=1S/C16H27N3O/c1-11-6-8-16(20-5,9-7-11)15-18-12(2)14(10-17-4)13(3)19-15/h11,17H,6-10H2,1-5H3. The summed E-state index contributed by atoms with van der Waals surface area (Å²) in [6.07, 6.45) is 4.42. The van der Waals surface area contributed by atoms with Crippen LogP contribution < -0.4 is 5.32 Å². The van der Waals surface area contributed by atoms with E-state index in [1.165, 1.54) is 18.4 Å². The second-order valence-electron chi connectivity index (χ2n) is 6.11. The topological polar surface area (TPSA) is 47.0 Å². The van der Waals surface area contributed by atoms with Crippen molar-refractivity contribution in [3.8, 4) is 0 Å². The fraction of sp³-hybridized carbons (Fsp3) is 0.750. The number of hydrogen-bond donors (Lipinski definition) is 1. The second-order valence-corrected chi connectivity index (χ2v) is 6.11. The summed E-state index contributed by atoms with van der Waals surface area (Å²) in [6, 6.07) is 0. The van der Waals surface area contributed by atoms with Crippen LogP contribution in [0.1, 0.15) is 55.4 Å². The number of aryl methyl sites for hydroxylation is 2. The molecule has 1 aliphatic carbocycles. The fourth-order valence-electron chi connectivity index (χ4n) is 3.12. The Morgan fingerprint density at radius 1 is 1.20 bits per heavy atom. The van der Waals surface area contributed by atoms with E-state index in [0.29, 0.717) is 0 Å². The number of nitrogens with zero attached hydrogens (tertiary/aromatic N) is 2. The summed E-state index contributed by atoms with van der Waals surface area (Å²) in [6.45, 7) is 7.27. The molecule has 0 aliphatic heterocycles. The van der Waals surface area contributed by atoms with Gasteiger partial charge in [0.05, 0.1) is 0 Å². The molecule has 112 valence electrons. The van der Waals surface area contributed by atoms with Crippen molar-refractivity contribution in [3.63, 3.8) is 0 Å². The maximum atomic E-state index is 5.88. The van der Waals surface area contributed by atoms with Gasteiger partial charge in [0.1, 0.15) is 5.60 Å². The first-order valence-electron chi connectivity index (χ1n) is 7.56. The Bertz CT molecular complexity index is 442. The molecule has 0 amide bonds. The van der Waals surface area contributed by atoms with Gasteiger partial charge in [-0.3, -0.25) is 0 Å². The molecule has 0 saturated heterocycles. The highest BCUT2D eigenvalue weighted by Gasteiger charge is 2.39. The third-order valence-corrected chi connectivity index (χ3v) is 4.65. The van der Waals surface area contributed by atoms with Crippen LogP contribution in [0.5, 0.6) is 0 Å². The molecule has 0 radical (unpaired) electrons. The van der Waals surface area contributed by atoms with Gasteiger partial charge in [0, 0.05) is 30.6 Å². The van der Waals surface area contributed by atoms with Crippen LogP contribution in [0.15, 0.2) is 0 Å². The van der Waals surface area contributed by atoms with E-state index in [0.717, 1.165) is 42.5 Å². The van der Waals surface area contributed by atoms with E-state index in [1.807, 2.05) is 7.05 Å². The molecule has 0 atom stereocenters. The number of hydrogen-bond acceptors (Lipinski definition) is 4. The molecule has 20 heavy (non-hydrogen) atoms. The molecule has 1 heterocycles. The highest BCUT2D eigenvalue weighted by Crippen LogP contribution is 2.40. The lowest BCUT2D eigenvalue weighted by atomic mass is 9.78. The molecule has 1 saturated carbocycles. The van der Waals surface area contributed by atoms with E-state index in [2.05, 4.69) is 26.1 Å². The summed E-state index contributed by atoms with van der Waals surface area (Å²) in [7, 11) is 3.75. The van der Waals surface area contributed by atoms with Gasteiger partial charge in [-0.15, -0.1) is 0 Å². The Hall–Kier alpha value is -1.00. The van der Waals surface area contributed by atoms with Crippen molar-refractivity contribution in [3.05, 3.63) is 22.8 Å². The van der Waals surface area contributed by atoms with E-state index >= 15 is 0 Å². The van der Waals surface area contributed by atoms with Crippen LogP contribution in [-0.2, 0) is 16.9 Å². The second kappa shape index (κ2) is 6.19. The predicted octanol–water partition coefficient (Wildman–Crippen LogP) is 2.86. The molecule has 0 aromatic carbocycles. The largest absolute Gasteiger partial charge is 0.370 e. The average Bonchev–Trinajstić information content (AvgIpc) is 2.44. The minimum atomic E-state index is -0.278. The maximum Gasteiger partial charge on any atom is 0.160 e. The van der Waals surface area contributed by atoms with Crippen molar-refractivity contribution >= 4 is 0 Å². The molecule has 2 rings (SSSR count). The Morgan fingerprint density at radius 2 is 1.75 bits per heavy atom. The zero-order chi connectivity index (χ0) is 14.8. The van der Waals surface area contributed by atoms with Gasteiger partial charge >= 0.3 is 0 Å². The first-order chi connectivity index (χ1) is 9.52. The van der Waals surface area contributed by atoms with Gasteiger partial charge in [0.15, 0.2) is 5.82 Å². The molecule has 1 aliphatic rings. The monoisotopic (exact) mass is 277 g/mol. The van der Waals surface area contributed by atoms with Crippen LogP contribution in [-0.4, -0.2) is 24.1 Å². The molecular formula is C16H27N3O. The summed E-state index contributed by atoms with van der Waals surface area (Å²) in [5.41, 5.74) is 3.06. The first kappa shape index (κ1) is 15.4. The van der Waals surface area contributed by atoms with E-state index in [1.54, 1.807) is 7.11 Å². The Labute approximate surface area is 122 Å². The lowest BCUT2D eigenvalue weighted by Gasteiger charge is -2.37. The number of nitrogens with one attached hydrogen (secondary N) is 1. The summed E-state index contributed by atoms with van der Waals surface area (Å²) in [5.74, 6) is 1.66. The zero-order valence-corrected chi connectivity index (χ0v) is 13.4. The third kappa shape index (κ3) is 2.86. The lowest BCUT2D eigenvalue weighted by molar-refractivity contribution is -0.0599. The van der Waals surface area contributed by atoms with Gasteiger partial charge in [-0.05, 0) is 52.5 Å². The van der Waals surface area contributed by atoms with Crippen LogP contribution in [0.4, 0.5) is 0 Å². The van der Waals surface area contributed by atoms with Crippen LogP contribution in [0.25, 0.3) is 0 Å². The van der Waals surface area contributed by atoms with Crippen molar-refractivity contribution in [2.75, 3.05) is 14.2 Å². The van der Waals surface area contributed by atoms with Crippen molar-refractivity contribution in [2.24, 2.45) is 5.92 Å². The van der Waals surface area contributed by atoms with Crippen molar-refractivity contribution in [1.82, 2.24) is 15.3 Å². The van der Waals surface area contributed by atoms with Crippen LogP contribution in [0.2, 0.25) is 0 Å². The minimum absolute atomic E-state index is 0.278. The molecule has 1 aromatic rings. The van der Waals surface area contributed by atoms with E-state index in [-0.39, 0.29) is 5.60 Å². The smallest absolute Gasteiger partial charge is 0.160 e. The van der Waals surface area contributed by atoms with Gasteiger partial charge in [-0.2, -0.15) is 0 Å². The maximum absolute atomic E-state index is 5.88. The Morgan fingerprint density at radius 3 is 2.20 bits per heavy atom. The molecule has 0 bridgehead atoms. The molecule has 4 heteroatoms. The zero-order valence-electron chi connectivity index (χ0n) is 13.4. The van der Waals surface area contributed by atoms with Crippen LogP contribution in [0, 0.1) is 19.8 Å². The summed E-state index contributed by atoms with van der Waals surface area (Å²) in [5, 5.41) is 3.18. The van der Waals surface area contributed by atoms with Gasteiger partial charge in [0.25, 0.3) is 0 Å². The number of aromatic nitrogens is 2.